The van der Waals surface area contributed by atoms with E-state index >= 15 is 0 Å². The summed E-state index contributed by atoms with van der Waals surface area (Å²) in [4.78, 5) is 10.2. The van der Waals surface area contributed by atoms with E-state index in [1.54, 1.807) is 12.1 Å². The van der Waals surface area contributed by atoms with Crippen LogP contribution in [0.15, 0.2) is 30.3 Å². The van der Waals surface area contributed by atoms with Crippen molar-refractivity contribution >= 4 is 20.1 Å². The fraction of sp³-hybridized carbons (Fsp3) is 0.467. The number of non-ortho nitro benzene ring substituents is 1. The first kappa shape index (κ1) is 16.6. The smallest absolute Gasteiger partial charge is 0.269 e. The van der Waals surface area contributed by atoms with Crippen molar-refractivity contribution in [3.63, 3.8) is 0 Å². The molecule has 0 amide bonds. The number of hydrogen-bond acceptors (Lipinski definition) is 3. The van der Waals surface area contributed by atoms with Crippen LogP contribution in [0, 0.1) is 10.1 Å². The Morgan fingerprint density at radius 1 is 1.15 bits per heavy atom. The second kappa shape index (κ2) is 7.97. The molecule has 20 heavy (non-hydrogen) atoms. The molecule has 110 valence electrons. The Labute approximate surface area is 121 Å². The Balaban J connectivity index is 2.54. The second-order valence-corrected chi connectivity index (χ2v) is 9.58. The summed E-state index contributed by atoms with van der Waals surface area (Å²) in [6.45, 7) is 7.25. The van der Waals surface area contributed by atoms with Crippen LogP contribution in [-0.2, 0) is 4.43 Å². The van der Waals surface area contributed by atoms with E-state index in [2.05, 4.69) is 20.8 Å². The zero-order valence-electron chi connectivity index (χ0n) is 12.5. The van der Waals surface area contributed by atoms with Crippen LogP contribution >= 0.6 is 0 Å². The van der Waals surface area contributed by atoms with Gasteiger partial charge in [0.1, 0.15) is 0 Å². The Morgan fingerprint density at radius 2 is 1.70 bits per heavy atom. The first-order chi connectivity index (χ1) is 9.56. The number of nitro groups is 1. The fourth-order valence-electron chi connectivity index (χ4n) is 2.17. The third kappa shape index (κ3) is 4.58. The minimum atomic E-state index is -1.52. The zero-order valence-corrected chi connectivity index (χ0v) is 13.5. The molecule has 0 N–H and O–H groups in total. The van der Waals surface area contributed by atoms with Gasteiger partial charge in [-0.2, -0.15) is 0 Å². The molecule has 0 fully saturated rings. The van der Waals surface area contributed by atoms with Gasteiger partial charge < -0.3 is 4.43 Å². The topological polar surface area (TPSA) is 52.4 Å². The standard InChI is InChI=1S/C15H23NO3Si/c1-4-20(5-2,6-3)19-13-7-8-14-9-11-15(12-10-14)16(17)18/h7-12H,4-6,13H2,1-3H3/b8-7+. The molecular weight excluding hydrogens is 270 g/mol. The van der Waals surface area contributed by atoms with Crippen LogP contribution in [0.5, 0.6) is 0 Å². The molecule has 0 atom stereocenters. The summed E-state index contributed by atoms with van der Waals surface area (Å²) in [5.41, 5.74) is 1.07. The van der Waals surface area contributed by atoms with Crippen molar-refractivity contribution < 1.29 is 9.35 Å². The monoisotopic (exact) mass is 293 g/mol. The van der Waals surface area contributed by atoms with Crippen molar-refractivity contribution in [2.75, 3.05) is 6.61 Å². The van der Waals surface area contributed by atoms with E-state index in [0.29, 0.717) is 6.61 Å². The summed E-state index contributed by atoms with van der Waals surface area (Å²) in [5, 5.41) is 10.6. The number of nitrogens with zero attached hydrogens (tertiary/aromatic N) is 1. The number of benzene rings is 1. The lowest BCUT2D eigenvalue weighted by atomic mass is 10.2. The molecule has 0 aliphatic carbocycles. The molecule has 1 rings (SSSR count). The summed E-state index contributed by atoms with van der Waals surface area (Å²) >= 11 is 0. The molecule has 1 aromatic rings. The van der Waals surface area contributed by atoms with Crippen molar-refractivity contribution in [2.24, 2.45) is 0 Å². The first-order valence-corrected chi connectivity index (χ1v) is 9.64. The van der Waals surface area contributed by atoms with E-state index in [4.69, 9.17) is 4.43 Å². The minimum absolute atomic E-state index is 0.118. The van der Waals surface area contributed by atoms with Crippen LogP contribution < -0.4 is 0 Å². The van der Waals surface area contributed by atoms with Crippen LogP contribution in [0.1, 0.15) is 26.3 Å². The summed E-state index contributed by atoms with van der Waals surface area (Å²) < 4.78 is 6.10. The fourth-order valence-corrected chi connectivity index (χ4v) is 4.73. The van der Waals surface area contributed by atoms with Gasteiger partial charge >= 0.3 is 0 Å². The maximum absolute atomic E-state index is 10.6. The number of nitro benzene ring substituents is 1. The highest BCUT2D eigenvalue weighted by Crippen LogP contribution is 2.21. The Bertz CT molecular complexity index is 444. The third-order valence-electron chi connectivity index (χ3n) is 3.83. The Hall–Kier alpha value is -1.46. The van der Waals surface area contributed by atoms with E-state index < -0.39 is 8.32 Å². The van der Waals surface area contributed by atoms with Gasteiger partial charge in [-0.3, -0.25) is 10.1 Å². The molecule has 0 saturated heterocycles. The molecule has 0 radical (unpaired) electrons. The van der Waals surface area contributed by atoms with Gasteiger partial charge in [-0.25, -0.2) is 0 Å². The van der Waals surface area contributed by atoms with Crippen LogP contribution in [0.2, 0.25) is 18.1 Å². The van der Waals surface area contributed by atoms with Crippen molar-refractivity contribution in [2.45, 2.75) is 38.9 Å². The lowest BCUT2D eigenvalue weighted by Gasteiger charge is -2.27. The number of rotatable bonds is 8. The predicted octanol–water partition coefficient (Wildman–Crippen LogP) is 4.63. The molecule has 0 aromatic heterocycles. The average molecular weight is 293 g/mol. The van der Waals surface area contributed by atoms with Crippen LogP contribution in [-0.4, -0.2) is 19.8 Å². The van der Waals surface area contributed by atoms with Gasteiger partial charge in [-0.1, -0.05) is 32.9 Å². The summed E-state index contributed by atoms with van der Waals surface area (Å²) in [6, 6.07) is 9.97. The highest BCUT2D eigenvalue weighted by Gasteiger charge is 2.27. The minimum Gasteiger partial charge on any atom is -0.413 e. The van der Waals surface area contributed by atoms with E-state index in [0.717, 1.165) is 23.7 Å². The van der Waals surface area contributed by atoms with E-state index in [1.165, 1.54) is 12.1 Å². The van der Waals surface area contributed by atoms with Crippen LogP contribution in [0.3, 0.4) is 0 Å². The van der Waals surface area contributed by atoms with Crippen LogP contribution in [0.4, 0.5) is 5.69 Å². The Morgan fingerprint density at radius 3 is 2.15 bits per heavy atom. The third-order valence-corrected chi connectivity index (χ3v) is 8.48. The van der Waals surface area contributed by atoms with Gasteiger partial charge in [-0.15, -0.1) is 0 Å². The predicted molar refractivity (Wildman–Crippen MR) is 85.3 cm³/mol. The van der Waals surface area contributed by atoms with Gasteiger partial charge in [0.05, 0.1) is 11.5 Å². The molecule has 0 aliphatic rings. The van der Waals surface area contributed by atoms with E-state index in [-0.39, 0.29) is 10.6 Å². The molecule has 0 aliphatic heterocycles. The van der Waals surface area contributed by atoms with E-state index in [9.17, 15) is 10.1 Å². The molecule has 1 aromatic carbocycles. The first-order valence-electron chi connectivity index (χ1n) is 7.12. The molecule has 0 spiro atoms. The quantitative estimate of drug-likeness (QED) is 0.399. The van der Waals surface area contributed by atoms with Gasteiger partial charge in [0.2, 0.25) is 0 Å². The summed E-state index contributed by atoms with van der Waals surface area (Å²) in [6.07, 6.45) is 3.94. The maximum Gasteiger partial charge on any atom is 0.269 e. The molecule has 0 heterocycles. The molecule has 4 nitrogen and oxygen atoms in total. The molecular formula is C15H23NO3Si. The molecule has 0 saturated carbocycles. The van der Waals surface area contributed by atoms with Gasteiger partial charge in [-0.05, 0) is 35.8 Å². The van der Waals surface area contributed by atoms with Gasteiger partial charge in [0, 0.05) is 12.1 Å². The maximum atomic E-state index is 10.6. The second-order valence-electron chi connectivity index (χ2n) is 4.81. The largest absolute Gasteiger partial charge is 0.413 e. The van der Waals surface area contributed by atoms with Crippen molar-refractivity contribution in [3.05, 3.63) is 46.0 Å². The lowest BCUT2D eigenvalue weighted by molar-refractivity contribution is -0.384. The van der Waals surface area contributed by atoms with Gasteiger partial charge in [0.25, 0.3) is 5.69 Å². The summed E-state index contributed by atoms with van der Waals surface area (Å²) in [5.74, 6) is 0. The van der Waals surface area contributed by atoms with Gasteiger partial charge in [0.15, 0.2) is 8.32 Å². The molecule has 5 heteroatoms. The highest BCUT2D eigenvalue weighted by molar-refractivity contribution is 6.73. The highest BCUT2D eigenvalue weighted by atomic mass is 28.4. The van der Waals surface area contributed by atoms with Crippen molar-refractivity contribution in [1.29, 1.82) is 0 Å². The normalized spacial score (nSPS) is 11.9. The van der Waals surface area contributed by atoms with Crippen molar-refractivity contribution in [3.8, 4) is 0 Å². The SMILES string of the molecule is CC[Si](CC)(CC)OC/C=C/c1ccc([N+](=O)[O-])cc1. The van der Waals surface area contributed by atoms with Crippen LogP contribution in [0.25, 0.3) is 6.08 Å². The molecule has 0 unspecified atom stereocenters. The Kier molecular flexibility index (Phi) is 6.61. The average Bonchev–Trinajstić information content (AvgIpc) is 2.49. The summed E-state index contributed by atoms with van der Waals surface area (Å²) in [7, 11) is -1.52. The lowest BCUT2D eigenvalue weighted by Crippen LogP contribution is -2.35. The van der Waals surface area contributed by atoms with Crippen molar-refractivity contribution in [1.82, 2.24) is 0 Å². The number of hydrogen-bond donors (Lipinski definition) is 0. The van der Waals surface area contributed by atoms with E-state index in [1.807, 2.05) is 12.2 Å². The molecule has 0 bridgehead atoms. The zero-order chi connectivity index (χ0) is 15.0.